The third kappa shape index (κ3) is 2.63. The summed E-state index contributed by atoms with van der Waals surface area (Å²) in [4.78, 5) is 39.4. The molecule has 2 atom stereocenters. The van der Waals surface area contributed by atoms with Crippen LogP contribution in [0.25, 0.3) is 0 Å². The number of thiophene rings is 1. The first-order chi connectivity index (χ1) is 11.0. The Kier molecular flexibility index (Phi) is 4.14. The van der Waals surface area contributed by atoms with E-state index in [1.807, 2.05) is 25.3 Å². The molecule has 0 saturated carbocycles. The molecule has 3 rings (SSSR count). The molecule has 2 aliphatic rings. The number of carbonyl (C=O) groups is 3. The summed E-state index contributed by atoms with van der Waals surface area (Å²) >= 11 is 1.61. The highest BCUT2D eigenvalue weighted by atomic mass is 32.1. The van der Waals surface area contributed by atoms with E-state index in [9.17, 15) is 14.4 Å². The van der Waals surface area contributed by atoms with Gasteiger partial charge in [-0.15, -0.1) is 11.3 Å². The van der Waals surface area contributed by atoms with E-state index in [4.69, 9.17) is 0 Å². The van der Waals surface area contributed by atoms with Crippen LogP contribution in [0.4, 0.5) is 4.79 Å². The Labute approximate surface area is 139 Å². The van der Waals surface area contributed by atoms with Gasteiger partial charge in [-0.2, -0.15) is 0 Å². The number of rotatable bonds is 4. The minimum atomic E-state index is -0.971. The van der Waals surface area contributed by atoms with Crippen molar-refractivity contribution in [1.29, 1.82) is 0 Å². The fourth-order valence-electron chi connectivity index (χ4n) is 3.25. The van der Waals surface area contributed by atoms with Crippen molar-refractivity contribution in [1.82, 2.24) is 15.5 Å². The average molecular weight is 335 g/mol. The van der Waals surface area contributed by atoms with Crippen LogP contribution in [0.2, 0.25) is 0 Å². The highest BCUT2D eigenvalue weighted by molar-refractivity contribution is 7.10. The van der Waals surface area contributed by atoms with Gasteiger partial charge in [0.25, 0.3) is 5.91 Å². The first-order valence-electron chi connectivity index (χ1n) is 7.98. The molecule has 124 valence electrons. The maximum Gasteiger partial charge on any atom is 0.325 e. The SMILES string of the molecule is CC[C@H](C)NC(=O)CN1C(=O)N[C@]2(CCCc3sccc32)C1=O. The lowest BCUT2D eigenvalue weighted by molar-refractivity contribution is -0.135. The van der Waals surface area contributed by atoms with Crippen molar-refractivity contribution >= 4 is 29.2 Å². The van der Waals surface area contributed by atoms with Gasteiger partial charge in [-0.3, -0.25) is 14.5 Å². The number of nitrogens with zero attached hydrogens (tertiary/aromatic N) is 1. The molecule has 6 nitrogen and oxygen atoms in total. The maximum atomic E-state index is 12.9. The molecule has 1 fully saturated rings. The van der Waals surface area contributed by atoms with Gasteiger partial charge < -0.3 is 10.6 Å². The fraction of sp³-hybridized carbons (Fsp3) is 0.562. The molecule has 7 heteroatoms. The van der Waals surface area contributed by atoms with Crippen molar-refractivity contribution in [3.05, 3.63) is 21.9 Å². The van der Waals surface area contributed by atoms with Gasteiger partial charge in [0.05, 0.1) is 0 Å². The number of aryl methyl sites for hydroxylation is 1. The zero-order valence-corrected chi connectivity index (χ0v) is 14.2. The van der Waals surface area contributed by atoms with Gasteiger partial charge in [0.1, 0.15) is 12.1 Å². The van der Waals surface area contributed by atoms with Crippen LogP contribution in [0.15, 0.2) is 11.4 Å². The molecule has 1 aliphatic carbocycles. The Bertz CT molecular complexity index is 657. The third-order valence-corrected chi connectivity index (χ3v) is 5.64. The minimum absolute atomic E-state index is 0.0235. The van der Waals surface area contributed by atoms with Crippen molar-refractivity contribution in [2.45, 2.75) is 51.1 Å². The highest BCUT2D eigenvalue weighted by Crippen LogP contribution is 2.41. The van der Waals surface area contributed by atoms with E-state index >= 15 is 0 Å². The molecule has 0 radical (unpaired) electrons. The molecule has 0 unspecified atom stereocenters. The summed E-state index contributed by atoms with van der Waals surface area (Å²) in [5, 5.41) is 7.59. The van der Waals surface area contributed by atoms with Crippen molar-refractivity contribution in [3.63, 3.8) is 0 Å². The third-order valence-electron chi connectivity index (χ3n) is 4.66. The predicted molar refractivity (Wildman–Crippen MR) is 87.1 cm³/mol. The molecule has 1 aliphatic heterocycles. The first kappa shape index (κ1) is 16.0. The lowest BCUT2D eigenvalue weighted by Crippen LogP contribution is -2.47. The number of carbonyl (C=O) groups excluding carboxylic acids is 3. The lowest BCUT2D eigenvalue weighted by Gasteiger charge is -2.31. The smallest absolute Gasteiger partial charge is 0.325 e. The molecule has 1 aromatic heterocycles. The van der Waals surface area contributed by atoms with Crippen LogP contribution in [-0.2, 0) is 21.5 Å². The van der Waals surface area contributed by atoms with E-state index in [2.05, 4.69) is 10.6 Å². The van der Waals surface area contributed by atoms with Crippen molar-refractivity contribution in [2.75, 3.05) is 6.54 Å². The van der Waals surface area contributed by atoms with Crippen LogP contribution in [0.5, 0.6) is 0 Å². The van der Waals surface area contributed by atoms with Crippen LogP contribution in [0.1, 0.15) is 43.6 Å². The summed E-state index contributed by atoms with van der Waals surface area (Å²) in [5.74, 6) is -0.609. The van der Waals surface area contributed by atoms with Gasteiger partial charge in [-0.05, 0) is 44.1 Å². The molecule has 2 heterocycles. The summed E-state index contributed by atoms with van der Waals surface area (Å²) in [6.45, 7) is 3.63. The summed E-state index contributed by atoms with van der Waals surface area (Å²) in [5.41, 5.74) is -0.0710. The van der Waals surface area contributed by atoms with E-state index in [0.717, 1.165) is 34.6 Å². The normalized spacial score (nSPS) is 24.5. The van der Waals surface area contributed by atoms with Crippen LogP contribution < -0.4 is 10.6 Å². The Morgan fingerprint density at radius 1 is 1.52 bits per heavy atom. The second-order valence-corrected chi connectivity index (χ2v) is 7.22. The van der Waals surface area contributed by atoms with Gasteiger partial charge >= 0.3 is 6.03 Å². The molecule has 1 aromatic rings. The van der Waals surface area contributed by atoms with Gasteiger partial charge in [0, 0.05) is 16.5 Å². The molecule has 2 N–H and O–H groups in total. The van der Waals surface area contributed by atoms with Gasteiger partial charge in [-0.25, -0.2) is 4.79 Å². The number of urea groups is 1. The molecule has 0 bridgehead atoms. The first-order valence-corrected chi connectivity index (χ1v) is 8.86. The minimum Gasteiger partial charge on any atom is -0.352 e. The largest absolute Gasteiger partial charge is 0.352 e. The van der Waals surface area contributed by atoms with E-state index in [1.165, 1.54) is 0 Å². The Balaban J connectivity index is 1.81. The monoisotopic (exact) mass is 335 g/mol. The molecule has 1 spiro atoms. The van der Waals surface area contributed by atoms with Crippen LogP contribution in [0, 0.1) is 0 Å². The van der Waals surface area contributed by atoms with Gasteiger partial charge in [0.2, 0.25) is 5.91 Å². The predicted octanol–water partition coefficient (Wildman–Crippen LogP) is 1.75. The maximum absolute atomic E-state index is 12.9. The zero-order chi connectivity index (χ0) is 16.6. The molecular formula is C16H21N3O3S. The Morgan fingerprint density at radius 2 is 2.30 bits per heavy atom. The average Bonchev–Trinajstić information content (AvgIpc) is 3.08. The number of hydrogen-bond acceptors (Lipinski definition) is 4. The highest BCUT2D eigenvalue weighted by Gasteiger charge is 2.54. The van der Waals surface area contributed by atoms with Gasteiger partial charge in [0.15, 0.2) is 0 Å². The summed E-state index contributed by atoms with van der Waals surface area (Å²) in [6.07, 6.45) is 3.18. The number of amides is 4. The topological polar surface area (TPSA) is 78.5 Å². The number of imide groups is 1. The lowest BCUT2D eigenvalue weighted by atomic mass is 9.80. The Morgan fingerprint density at radius 3 is 3.04 bits per heavy atom. The van der Waals surface area contributed by atoms with Crippen LogP contribution in [-0.4, -0.2) is 35.3 Å². The second-order valence-electron chi connectivity index (χ2n) is 6.21. The summed E-state index contributed by atoms with van der Waals surface area (Å²) in [6, 6.07) is 1.46. The Hall–Kier alpha value is -1.89. The quantitative estimate of drug-likeness (QED) is 0.823. The number of nitrogens with one attached hydrogen (secondary N) is 2. The second kappa shape index (κ2) is 5.96. The molecule has 1 saturated heterocycles. The van der Waals surface area contributed by atoms with Crippen LogP contribution >= 0.6 is 11.3 Å². The van der Waals surface area contributed by atoms with E-state index in [-0.39, 0.29) is 24.4 Å². The summed E-state index contributed by atoms with van der Waals surface area (Å²) in [7, 11) is 0. The van der Waals surface area contributed by atoms with E-state index in [1.54, 1.807) is 11.3 Å². The van der Waals surface area contributed by atoms with Crippen molar-refractivity contribution in [2.24, 2.45) is 0 Å². The van der Waals surface area contributed by atoms with E-state index in [0.29, 0.717) is 6.42 Å². The van der Waals surface area contributed by atoms with Gasteiger partial charge in [-0.1, -0.05) is 6.92 Å². The van der Waals surface area contributed by atoms with E-state index < -0.39 is 11.6 Å². The number of fused-ring (bicyclic) bond motifs is 2. The number of hydrogen-bond donors (Lipinski definition) is 2. The zero-order valence-electron chi connectivity index (χ0n) is 13.3. The molecule has 23 heavy (non-hydrogen) atoms. The molecule has 0 aromatic carbocycles. The van der Waals surface area contributed by atoms with Crippen molar-refractivity contribution < 1.29 is 14.4 Å². The standard InChI is InChI=1S/C16H21N3O3S/c1-3-10(2)17-13(20)9-19-14(21)16(18-15(19)22)7-4-5-12-11(16)6-8-23-12/h6,8,10H,3-5,7,9H2,1-2H3,(H,17,20)(H,18,22)/t10-,16-/m0/s1. The van der Waals surface area contributed by atoms with Crippen molar-refractivity contribution in [3.8, 4) is 0 Å². The van der Waals surface area contributed by atoms with Crippen LogP contribution in [0.3, 0.4) is 0 Å². The summed E-state index contributed by atoms with van der Waals surface area (Å²) < 4.78 is 0. The molecular weight excluding hydrogens is 314 g/mol. The fourth-order valence-corrected chi connectivity index (χ4v) is 4.25. The molecule has 4 amide bonds.